The van der Waals surface area contributed by atoms with Crippen molar-refractivity contribution in [2.24, 2.45) is 0 Å². The monoisotopic (exact) mass is 318 g/mol. The number of carbonyl (C=O) groups excluding carboxylic acids is 2. The Hall–Kier alpha value is -3.41. The number of ketones is 2. The first-order valence-corrected chi connectivity index (χ1v) is 7.29. The summed E-state index contributed by atoms with van der Waals surface area (Å²) in [5, 5.41) is 12.0. The first-order valence-electron chi connectivity index (χ1n) is 7.29. The van der Waals surface area contributed by atoms with E-state index in [1.165, 1.54) is 18.2 Å². The molecule has 24 heavy (non-hydrogen) atoms. The van der Waals surface area contributed by atoms with E-state index in [0.29, 0.717) is 11.2 Å². The first-order chi connectivity index (χ1) is 11.6. The summed E-state index contributed by atoms with van der Waals surface area (Å²) in [5.41, 5.74) is 0.617. The van der Waals surface area contributed by atoms with Crippen LogP contribution in [-0.4, -0.2) is 21.5 Å². The van der Waals surface area contributed by atoms with Crippen LogP contribution in [0.4, 0.5) is 5.69 Å². The van der Waals surface area contributed by atoms with Gasteiger partial charge < -0.3 is 0 Å². The van der Waals surface area contributed by atoms with Crippen molar-refractivity contribution in [3.05, 3.63) is 81.5 Å². The highest BCUT2D eigenvalue weighted by molar-refractivity contribution is 6.31. The SMILES string of the molecule is O=C1c2cccc([N+](=O)[O-])c2C(=O)[C@H]1c1ccc2ccccc2n1. The number of aromatic nitrogens is 1. The topological polar surface area (TPSA) is 90.2 Å². The lowest BCUT2D eigenvalue weighted by molar-refractivity contribution is -0.385. The third-order valence-corrected chi connectivity index (χ3v) is 4.19. The van der Waals surface area contributed by atoms with Crippen LogP contribution in [-0.2, 0) is 0 Å². The third-order valence-electron chi connectivity index (χ3n) is 4.19. The Morgan fingerprint density at radius 3 is 2.50 bits per heavy atom. The molecule has 0 aliphatic heterocycles. The quantitative estimate of drug-likeness (QED) is 0.411. The normalized spacial score (nSPS) is 16.4. The number of nitro groups is 1. The van der Waals surface area contributed by atoms with E-state index >= 15 is 0 Å². The number of Topliss-reactive ketones (excluding diaryl/α,β-unsaturated/α-hetero) is 2. The number of benzene rings is 2. The van der Waals surface area contributed by atoms with E-state index in [-0.39, 0.29) is 16.8 Å². The van der Waals surface area contributed by atoms with E-state index in [2.05, 4.69) is 4.98 Å². The largest absolute Gasteiger partial charge is 0.293 e. The highest BCUT2D eigenvalue weighted by Crippen LogP contribution is 2.38. The zero-order valence-electron chi connectivity index (χ0n) is 12.3. The molecule has 6 nitrogen and oxygen atoms in total. The molecule has 0 radical (unpaired) electrons. The minimum absolute atomic E-state index is 0.0918. The van der Waals surface area contributed by atoms with Crippen LogP contribution in [0.2, 0.25) is 0 Å². The van der Waals surface area contributed by atoms with Gasteiger partial charge in [0.1, 0.15) is 11.5 Å². The number of hydrogen-bond acceptors (Lipinski definition) is 5. The molecule has 6 heteroatoms. The molecule has 116 valence electrons. The number of hydrogen-bond donors (Lipinski definition) is 0. The molecular weight excluding hydrogens is 308 g/mol. The fraction of sp³-hybridized carbons (Fsp3) is 0.0556. The number of para-hydroxylation sites is 1. The molecule has 1 atom stereocenters. The van der Waals surface area contributed by atoms with Crippen LogP contribution in [0.5, 0.6) is 0 Å². The van der Waals surface area contributed by atoms with Gasteiger partial charge in [0.05, 0.1) is 16.1 Å². The maximum absolute atomic E-state index is 12.7. The number of fused-ring (bicyclic) bond motifs is 2. The Balaban J connectivity index is 1.88. The van der Waals surface area contributed by atoms with Crippen LogP contribution >= 0.6 is 0 Å². The Morgan fingerprint density at radius 1 is 0.917 bits per heavy atom. The van der Waals surface area contributed by atoms with Crippen LogP contribution in [0.3, 0.4) is 0 Å². The highest BCUT2D eigenvalue weighted by Gasteiger charge is 2.44. The molecule has 0 spiro atoms. The van der Waals surface area contributed by atoms with E-state index < -0.39 is 22.4 Å². The molecule has 0 N–H and O–H groups in total. The molecule has 1 aliphatic rings. The third kappa shape index (κ3) is 1.93. The molecule has 0 amide bonds. The molecule has 0 unspecified atom stereocenters. The van der Waals surface area contributed by atoms with E-state index in [9.17, 15) is 19.7 Å². The fourth-order valence-corrected chi connectivity index (χ4v) is 3.09. The van der Waals surface area contributed by atoms with Crippen molar-refractivity contribution >= 4 is 28.2 Å². The minimum Gasteiger partial charge on any atom is -0.293 e. The zero-order chi connectivity index (χ0) is 16.8. The van der Waals surface area contributed by atoms with Crippen LogP contribution < -0.4 is 0 Å². The molecule has 1 aromatic heterocycles. The molecule has 0 bridgehead atoms. The van der Waals surface area contributed by atoms with Gasteiger partial charge in [-0.15, -0.1) is 0 Å². The van der Waals surface area contributed by atoms with Crippen LogP contribution in [0.15, 0.2) is 54.6 Å². The second kappa shape index (κ2) is 5.06. The van der Waals surface area contributed by atoms with Crippen molar-refractivity contribution in [1.82, 2.24) is 4.98 Å². The number of nitrogens with zero attached hydrogens (tertiary/aromatic N) is 2. The average Bonchev–Trinajstić information content (AvgIpc) is 2.85. The van der Waals surface area contributed by atoms with Gasteiger partial charge >= 0.3 is 0 Å². The second-order valence-corrected chi connectivity index (χ2v) is 5.55. The summed E-state index contributed by atoms with van der Waals surface area (Å²) >= 11 is 0. The Bertz CT molecular complexity index is 1040. The molecule has 0 fully saturated rings. The van der Waals surface area contributed by atoms with E-state index in [1.54, 1.807) is 18.2 Å². The summed E-state index contributed by atoms with van der Waals surface area (Å²) in [6.45, 7) is 0. The maximum atomic E-state index is 12.7. The van der Waals surface area contributed by atoms with Crippen molar-refractivity contribution in [3.63, 3.8) is 0 Å². The van der Waals surface area contributed by atoms with Gasteiger partial charge in [-0.3, -0.25) is 24.7 Å². The van der Waals surface area contributed by atoms with Gasteiger partial charge in [-0.1, -0.05) is 36.4 Å². The van der Waals surface area contributed by atoms with Crippen molar-refractivity contribution in [2.75, 3.05) is 0 Å². The number of carbonyl (C=O) groups is 2. The van der Waals surface area contributed by atoms with Crippen molar-refractivity contribution in [3.8, 4) is 0 Å². The fourth-order valence-electron chi connectivity index (χ4n) is 3.09. The van der Waals surface area contributed by atoms with Gasteiger partial charge in [0.25, 0.3) is 5.69 Å². The van der Waals surface area contributed by atoms with Crippen molar-refractivity contribution in [2.45, 2.75) is 5.92 Å². The molecule has 0 saturated carbocycles. The lowest BCUT2D eigenvalue weighted by atomic mass is 9.98. The molecule has 1 aliphatic carbocycles. The number of nitro benzene ring substituents is 1. The zero-order valence-corrected chi connectivity index (χ0v) is 12.3. The lowest BCUT2D eigenvalue weighted by Crippen LogP contribution is -2.14. The minimum atomic E-state index is -1.12. The van der Waals surface area contributed by atoms with Gasteiger partial charge in [-0.2, -0.15) is 0 Å². The highest BCUT2D eigenvalue weighted by atomic mass is 16.6. The van der Waals surface area contributed by atoms with Gasteiger partial charge in [0.2, 0.25) is 0 Å². The summed E-state index contributed by atoms with van der Waals surface area (Å²) in [7, 11) is 0. The predicted molar refractivity (Wildman–Crippen MR) is 86.2 cm³/mol. The van der Waals surface area contributed by atoms with E-state index in [1.807, 2.05) is 18.2 Å². The molecular formula is C18H10N2O4. The summed E-state index contributed by atoms with van der Waals surface area (Å²) < 4.78 is 0. The summed E-state index contributed by atoms with van der Waals surface area (Å²) in [6, 6.07) is 14.9. The smallest absolute Gasteiger partial charge is 0.280 e. The van der Waals surface area contributed by atoms with Gasteiger partial charge in [0.15, 0.2) is 11.6 Å². The van der Waals surface area contributed by atoms with E-state index in [0.717, 1.165) is 5.39 Å². The summed E-state index contributed by atoms with van der Waals surface area (Å²) in [4.78, 5) is 40.3. The Kier molecular flexibility index (Phi) is 2.99. The standard InChI is InChI=1S/C18H10N2O4/c21-17-11-5-3-7-14(20(23)24)15(11)18(22)16(17)13-9-8-10-4-1-2-6-12(10)19-13/h1-9,16H/t16-/m0/s1. The van der Waals surface area contributed by atoms with Gasteiger partial charge in [0, 0.05) is 17.0 Å². The average molecular weight is 318 g/mol. The first kappa shape index (κ1) is 14.2. The van der Waals surface area contributed by atoms with Gasteiger partial charge in [-0.25, -0.2) is 0 Å². The predicted octanol–water partition coefficient (Wildman–Crippen LogP) is 3.31. The lowest BCUT2D eigenvalue weighted by Gasteiger charge is -2.07. The number of rotatable bonds is 2. The summed E-state index contributed by atoms with van der Waals surface area (Å²) in [6.07, 6.45) is 0. The molecule has 4 rings (SSSR count). The molecule has 2 aromatic carbocycles. The van der Waals surface area contributed by atoms with Crippen LogP contribution in [0, 0.1) is 10.1 Å². The van der Waals surface area contributed by atoms with Crippen molar-refractivity contribution in [1.29, 1.82) is 0 Å². The van der Waals surface area contributed by atoms with Crippen LogP contribution in [0.25, 0.3) is 10.9 Å². The Labute approximate surface area is 135 Å². The Morgan fingerprint density at radius 2 is 1.71 bits per heavy atom. The second-order valence-electron chi connectivity index (χ2n) is 5.55. The summed E-state index contributed by atoms with van der Waals surface area (Å²) in [5.74, 6) is -2.13. The van der Waals surface area contributed by atoms with Crippen molar-refractivity contribution < 1.29 is 14.5 Å². The maximum Gasteiger partial charge on any atom is 0.280 e. The van der Waals surface area contributed by atoms with Gasteiger partial charge in [-0.05, 0) is 12.1 Å². The molecule has 0 saturated heterocycles. The molecule has 1 heterocycles. The van der Waals surface area contributed by atoms with Crippen LogP contribution in [0.1, 0.15) is 32.3 Å². The molecule has 3 aromatic rings. The van der Waals surface area contributed by atoms with E-state index in [4.69, 9.17) is 0 Å². The number of pyridine rings is 1.